The van der Waals surface area contributed by atoms with Crippen LogP contribution in [-0.2, 0) is 17.6 Å². The van der Waals surface area contributed by atoms with Gasteiger partial charge in [0, 0.05) is 24.0 Å². The number of anilines is 1. The number of fused-ring (bicyclic) bond motifs is 1. The molecule has 3 amide bonds. The molecule has 4 rings (SSSR count). The summed E-state index contributed by atoms with van der Waals surface area (Å²) in [5.74, 6) is -0.0277. The van der Waals surface area contributed by atoms with Crippen LogP contribution in [0.25, 0.3) is 0 Å². The van der Waals surface area contributed by atoms with Gasteiger partial charge in [0.2, 0.25) is 5.91 Å². The molecule has 5 nitrogen and oxygen atoms in total. The average Bonchev–Trinajstić information content (AvgIpc) is 2.86. The van der Waals surface area contributed by atoms with Crippen LogP contribution >= 0.6 is 15.9 Å². The van der Waals surface area contributed by atoms with Crippen LogP contribution in [0, 0.1) is 0 Å². The molecule has 0 heterocycles. The first-order chi connectivity index (χ1) is 16.6. The van der Waals surface area contributed by atoms with E-state index in [4.69, 9.17) is 0 Å². The van der Waals surface area contributed by atoms with Crippen LogP contribution in [0.5, 0.6) is 0 Å². The predicted molar refractivity (Wildman–Crippen MR) is 140 cm³/mol. The summed E-state index contributed by atoms with van der Waals surface area (Å²) in [4.78, 5) is 27.7. The molecule has 34 heavy (non-hydrogen) atoms. The smallest absolute Gasteiger partial charge is 0.321 e. The molecule has 6 heteroatoms. The van der Waals surface area contributed by atoms with Gasteiger partial charge >= 0.3 is 6.03 Å². The Labute approximate surface area is 209 Å². The third-order valence-electron chi connectivity index (χ3n) is 6.23. The first-order valence-electron chi connectivity index (χ1n) is 11.8. The molecular formula is C28H30BrN3O2. The monoisotopic (exact) mass is 519 g/mol. The minimum absolute atomic E-state index is 0.0277. The van der Waals surface area contributed by atoms with Gasteiger partial charge in [0.05, 0.1) is 11.7 Å². The molecule has 0 fully saturated rings. The first-order valence-corrected chi connectivity index (χ1v) is 12.6. The molecule has 0 spiro atoms. The highest BCUT2D eigenvalue weighted by molar-refractivity contribution is 9.10. The number of para-hydroxylation sites is 1. The Hall–Kier alpha value is -3.12. The predicted octanol–water partition coefficient (Wildman–Crippen LogP) is 6.11. The molecule has 0 radical (unpaired) electrons. The lowest BCUT2D eigenvalue weighted by atomic mass is 9.87. The SMILES string of the molecule is O=C(CCN(CCc1ccccc1)C(=O)Nc1ccccc1Br)NC1CCCc2ccccc21. The van der Waals surface area contributed by atoms with Crippen molar-refractivity contribution >= 4 is 33.6 Å². The highest BCUT2D eigenvalue weighted by Crippen LogP contribution is 2.29. The van der Waals surface area contributed by atoms with Gasteiger partial charge in [-0.05, 0) is 70.4 Å². The number of hydrogen-bond donors (Lipinski definition) is 2. The van der Waals surface area contributed by atoms with Gasteiger partial charge in [0.25, 0.3) is 0 Å². The summed E-state index contributed by atoms with van der Waals surface area (Å²) in [6.45, 7) is 0.878. The number of carbonyl (C=O) groups excluding carboxylic acids is 2. The second-order valence-corrected chi connectivity index (χ2v) is 9.45. The van der Waals surface area contributed by atoms with Crippen molar-refractivity contribution in [2.24, 2.45) is 0 Å². The van der Waals surface area contributed by atoms with Crippen LogP contribution < -0.4 is 10.6 Å². The summed E-state index contributed by atoms with van der Waals surface area (Å²) < 4.78 is 0.820. The van der Waals surface area contributed by atoms with Gasteiger partial charge in [-0.15, -0.1) is 0 Å². The number of nitrogens with zero attached hydrogens (tertiary/aromatic N) is 1. The Morgan fingerprint density at radius 3 is 2.47 bits per heavy atom. The van der Waals surface area contributed by atoms with Gasteiger partial charge in [-0.25, -0.2) is 4.79 Å². The molecule has 176 valence electrons. The molecule has 0 aromatic heterocycles. The molecule has 0 saturated heterocycles. The number of nitrogens with one attached hydrogen (secondary N) is 2. The quantitative estimate of drug-likeness (QED) is 0.377. The number of benzene rings is 3. The van der Waals surface area contributed by atoms with Crippen molar-refractivity contribution in [2.75, 3.05) is 18.4 Å². The second-order valence-electron chi connectivity index (χ2n) is 8.59. The van der Waals surface area contributed by atoms with Gasteiger partial charge in [0.1, 0.15) is 0 Å². The van der Waals surface area contributed by atoms with Crippen LogP contribution in [0.3, 0.4) is 0 Å². The third-order valence-corrected chi connectivity index (χ3v) is 6.92. The summed E-state index contributed by atoms with van der Waals surface area (Å²) in [7, 11) is 0. The normalized spacial score (nSPS) is 14.7. The van der Waals surface area contributed by atoms with E-state index in [9.17, 15) is 9.59 Å². The highest BCUT2D eigenvalue weighted by Gasteiger charge is 2.22. The van der Waals surface area contributed by atoms with Crippen molar-refractivity contribution < 1.29 is 9.59 Å². The van der Waals surface area contributed by atoms with Gasteiger partial charge in [-0.3, -0.25) is 4.79 Å². The molecule has 2 N–H and O–H groups in total. The number of hydrogen-bond acceptors (Lipinski definition) is 2. The van der Waals surface area contributed by atoms with E-state index in [-0.39, 0.29) is 24.4 Å². The molecule has 1 aliphatic rings. The molecule has 3 aromatic rings. The lowest BCUT2D eigenvalue weighted by Gasteiger charge is -2.27. The maximum Gasteiger partial charge on any atom is 0.321 e. The van der Waals surface area contributed by atoms with Crippen molar-refractivity contribution in [1.82, 2.24) is 10.2 Å². The van der Waals surface area contributed by atoms with Crippen molar-refractivity contribution in [3.63, 3.8) is 0 Å². The number of halogens is 1. The van der Waals surface area contributed by atoms with Gasteiger partial charge in [-0.1, -0.05) is 66.7 Å². The van der Waals surface area contributed by atoms with E-state index in [1.54, 1.807) is 4.90 Å². The Morgan fingerprint density at radius 2 is 1.65 bits per heavy atom. The van der Waals surface area contributed by atoms with E-state index in [0.29, 0.717) is 18.8 Å². The molecule has 0 aliphatic heterocycles. The standard InChI is InChI=1S/C28H30BrN3O2/c29-24-14-6-7-15-26(24)31-28(34)32(19-17-21-9-2-1-3-10-21)20-18-27(33)30-25-16-8-12-22-11-4-5-13-23(22)25/h1-7,9-11,13-15,25H,8,12,16-20H2,(H,30,33)(H,31,34). The molecule has 0 bridgehead atoms. The number of rotatable bonds is 8. The molecule has 1 aliphatic carbocycles. The van der Waals surface area contributed by atoms with Gasteiger partial charge in [0.15, 0.2) is 0 Å². The van der Waals surface area contributed by atoms with Crippen molar-refractivity contribution in [2.45, 2.75) is 38.1 Å². The zero-order valence-corrected chi connectivity index (χ0v) is 20.8. The van der Waals surface area contributed by atoms with E-state index in [2.05, 4.69) is 56.9 Å². The van der Waals surface area contributed by atoms with E-state index >= 15 is 0 Å². The van der Waals surface area contributed by atoms with Crippen LogP contribution in [0.2, 0.25) is 0 Å². The van der Waals surface area contributed by atoms with Crippen LogP contribution in [0.15, 0.2) is 83.3 Å². The van der Waals surface area contributed by atoms with Crippen molar-refractivity contribution in [3.8, 4) is 0 Å². The molecule has 1 unspecified atom stereocenters. The maximum absolute atomic E-state index is 13.1. The fraction of sp³-hybridized carbons (Fsp3) is 0.286. The third kappa shape index (κ3) is 6.48. The Balaban J connectivity index is 1.38. The lowest BCUT2D eigenvalue weighted by molar-refractivity contribution is -0.122. The fourth-order valence-electron chi connectivity index (χ4n) is 4.39. The summed E-state index contributed by atoms with van der Waals surface area (Å²) in [6.07, 6.45) is 4.06. The molecule has 1 atom stereocenters. The van der Waals surface area contributed by atoms with E-state index in [1.165, 1.54) is 11.1 Å². The minimum Gasteiger partial charge on any atom is -0.349 e. The molecule has 3 aromatic carbocycles. The van der Waals surface area contributed by atoms with Gasteiger partial charge in [-0.2, -0.15) is 0 Å². The maximum atomic E-state index is 13.1. The Bertz CT molecular complexity index is 1120. The number of carbonyl (C=O) groups is 2. The van der Waals surface area contributed by atoms with E-state index < -0.39 is 0 Å². The summed E-state index contributed by atoms with van der Waals surface area (Å²) in [5, 5.41) is 6.17. The topological polar surface area (TPSA) is 61.4 Å². The van der Waals surface area contributed by atoms with Crippen LogP contribution in [0.1, 0.15) is 42.0 Å². The zero-order valence-electron chi connectivity index (χ0n) is 19.2. The van der Waals surface area contributed by atoms with E-state index in [1.807, 2.05) is 48.5 Å². The Morgan fingerprint density at radius 1 is 0.912 bits per heavy atom. The zero-order chi connectivity index (χ0) is 23.8. The summed E-state index contributed by atoms with van der Waals surface area (Å²) in [6, 6.07) is 25.8. The fourth-order valence-corrected chi connectivity index (χ4v) is 4.77. The van der Waals surface area contributed by atoms with Gasteiger partial charge < -0.3 is 15.5 Å². The largest absolute Gasteiger partial charge is 0.349 e. The highest BCUT2D eigenvalue weighted by atomic mass is 79.9. The second kappa shape index (κ2) is 11.8. The number of urea groups is 1. The average molecular weight is 520 g/mol. The lowest BCUT2D eigenvalue weighted by Crippen LogP contribution is -2.40. The van der Waals surface area contributed by atoms with Crippen LogP contribution in [0.4, 0.5) is 10.5 Å². The summed E-state index contributed by atoms with van der Waals surface area (Å²) in [5.41, 5.74) is 4.40. The molecule has 0 saturated carbocycles. The van der Waals surface area contributed by atoms with Crippen molar-refractivity contribution in [1.29, 1.82) is 0 Å². The number of aryl methyl sites for hydroxylation is 1. The molecular weight excluding hydrogens is 490 g/mol. The minimum atomic E-state index is -0.210. The van der Waals surface area contributed by atoms with Crippen molar-refractivity contribution in [3.05, 3.63) is 100 Å². The first kappa shape index (κ1) is 24.0. The van der Waals surface area contributed by atoms with E-state index in [0.717, 1.165) is 35.7 Å². The Kier molecular flexibility index (Phi) is 8.36. The van der Waals surface area contributed by atoms with Crippen LogP contribution in [-0.4, -0.2) is 29.9 Å². The summed E-state index contributed by atoms with van der Waals surface area (Å²) >= 11 is 3.48. The number of amides is 3.